The molecule has 0 unspecified atom stereocenters. The van der Waals surface area contributed by atoms with E-state index < -0.39 is 0 Å². The molecule has 0 aromatic heterocycles. The highest BCUT2D eigenvalue weighted by Gasteiger charge is 2.13. The number of hydrogen-bond donors (Lipinski definition) is 1. The average Bonchev–Trinajstić information content (AvgIpc) is 2.72. The van der Waals surface area contributed by atoms with Crippen LogP contribution in [0.3, 0.4) is 0 Å². The normalized spacial score (nSPS) is 10.4. The van der Waals surface area contributed by atoms with Crippen molar-refractivity contribution >= 4 is 17.3 Å². The smallest absolute Gasteiger partial charge is 0.258 e. The summed E-state index contributed by atoms with van der Waals surface area (Å²) in [6.07, 6.45) is 0.990. The largest absolute Gasteiger partial charge is 0.381 e. The first-order valence-corrected chi connectivity index (χ1v) is 8.93. The lowest BCUT2D eigenvalue weighted by atomic mass is 10.1. The van der Waals surface area contributed by atoms with E-state index in [0.29, 0.717) is 12.1 Å². The van der Waals surface area contributed by atoms with Gasteiger partial charge in [-0.05, 0) is 47.9 Å². The van der Waals surface area contributed by atoms with Gasteiger partial charge in [0.25, 0.3) is 5.91 Å². The molecule has 0 spiro atoms. The van der Waals surface area contributed by atoms with E-state index in [9.17, 15) is 4.79 Å². The van der Waals surface area contributed by atoms with Gasteiger partial charge in [0.05, 0.1) is 0 Å². The number of carbonyl (C=O) groups excluding carboxylic acids is 1. The van der Waals surface area contributed by atoms with Crippen LogP contribution < -0.4 is 10.2 Å². The lowest BCUT2D eigenvalue weighted by Gasteiger charge is -2.18. The van der Waals surface area contributed by atoms with Gasteiger partial charge in [-0.25, -0.2) is 0 Å². The minimum atomic E-state index is -0.00740. The van der Waals surface area contributed by atoms with E-state index in [1.54, 1.807) is 11.9 Å². The molecular weight excluding hydrogens is 320 g/mol. The number of hydrogen-bond acceptors (Lipinski definition) is 2. The maximum absolute atomic E-state index is 12.8. The Bertz CT molecular complexity index is 874. The molecule has 3 rings (SSSR count). The van der Waals surface area contributed by atoms with Crippen LogP contribution in [0.1, 0.15) is 28.4 Å². The molecule has 0 radical (unpaired) electrons. The van der Waals surface area contributed by atoms with E-state index >= 15 is 0 Å². The van der Waals surface area contributed by atoms with Gasteiger partial charge in [-0.3, -0.25) is 4.79 Å². The predicted molar refractivity (Wildman–Crippen MR) is 109 cm³/mol. The quantitative estimate of drug-likeness (QED) is 0.672. The van der Waals surface area contributed by atoms with Crippen molar-refractivity contribution < 1.29 is 4.79 Å². The Hall–Kier alpha value is -3.07. The van der Waals surface area contributed by atoms with E-state index in [2.05, 4.69) is 30.4 Å². The van der Waals surface area contributed by atoms with Crippen LogP contribution in [0.15, 0.2) is 78.9 Å². The number of aryl methyl sites for hydroxylation is 1. The molecule has 0 saturated heterocycles. The Morgan fingerprint density at radius 2 is 1.65 bits per heavy atom. The molecule has 0 atom stereocenters. The maximum atomic E-state index is 12.8. The number of anilines is 2. The van der Waals surface area contributed by atoms with Gasteiger partial charge in [-0.1, -0.05) is 55.5 Å². The summed E-state index contributed by atoms with van der Waals surface area (Å²) >= 11 is 0. The molecule has 26 heavy (non-hydrogen) atoms. The van der Waals surface area contributed by atoms with Crippen molar-refractivity contribution in [3.8, 4) is 0 Å². The third kappa shape index (κ3) is 4.12. The monoisotopic (exact) mass is 344 g/mol. The molecule has 1 N–H and O–H groups in total. The highest BCUT2D eigenvalue weighted by atomic mass is 16.2. The van der Waals surface area contributed by atoms with E-state index in [4.69, 9.17) is 0 Å². The van der Waals surface area contributed by atoms with Crippen LogP contribution in [0, 0.1) is 0 Å². The van der Waals surface area contributed by atoms with Gasteiger partial charge in [-0.2, -0.15) is 0 Å². The Labute approximate surface area is 155 Å². The zero-order chi connectivity index (χ0) is 18.4. The summed E-state index contributed by atoms with van der Waals surface area (Å²) < 4.78 is 0. The maximum Gasteiger partial charge on any atom is 0.258 e. The Morgan fingerprint density at radius 1 is 0.923 bits per heavy atom. The van der Waals surface area contributed by atoms with Gasteiger partial charge in [-0.15, -0.1) is 0 Å². The van der Waals surface area contributed by atoms with Gasteiger partial charge in [0, 0.05) is 30.5 Å². The average molecular weight is 344 g/mol. The van der Waals surface area contributed by atoms with Gasteiger partial charge in [0.1, 0.15) is 0 Å². The fraction of sp³-hybridized carbons (Fsp3) is 0.174. The second-order valence-corrected chi connectivity index (χ2v) is 6.26. The first-order valence-electron chi connectivity index (χ1n) is 8.93. The van der Waals surface area contributed by atoms with Crippen molar-refractivity contribution in [1.82, 2.24) is 0 Å². The summed E-state index contributed by atoms with van der Waals surface area (Å²) in [4.78, 5) is 14.5. The lowest BCUT2D eigenvalue weighted by Crippen LogP contribution is -2.26. The van der Waals surface area contributed by atoms with Crippen molar-refractivity contribution in [3.05, 3.63) is 95.6 Å². The molecule has 3 heteroatoms. The number of rotatable bonds is 6. The molecule has 1 amide bonds. The molecule has 0 aliphatic carbocycles. The molecule has 3 aromatic rings. The molecule has 0 aliphatic heterocycles. The highest BCUT2D eigenvalue weighted by molar-refractivity contribution is 6.05. The molecule has 0 saturated carbocycles. The fourth-order valence-electron chi connectivity index (χ4n) is 2.98. The molecule has 132 valence electrons. The van der Waals surface area contributed by atoms with Gasteiger partial charge < -0.3 is 10.2 Å². The van der Waals surface area contributed by atoms with E-state index in [1.807, 2.05) is 60.7 Å². The second-order valence-electron chi connectivity index (χ2n) is 6.26. The van der Waals surface area contributed by atoms with E-state index in [1.165, 1.54) is 5.56 Å². The summed E-state index contributed by atoms with van der Waals surface area (Å²) in [5, 5.41) is 3.48. The molecule has 3 nitrogen and oxygen atoms in total. The fourth-order valence-corrected chi connectivity index (χ4v) is 2.98. The van der Waals surface area contributed by atoms with Crippen molar-refractivity contribution in [2.24, 2.45) is 0 Å². The minimum Gasteiger partial charge on any atom is -0.381 e. The summed E-state index contributed by atoms with van der Waals surface area (Å²) in [5.74, 6) is -0.00740. The van der Waals surface area contributed by atoms with Crippen molar-refractivity contribution in [1.29, 1.82) is 0 Å². The molecular formula is C23H24N2O. The lowest BCUT2D eigenvalue weighted by molar-refractivity contribution is 0.0993. The number of benzene rings is 3. The zero-order valence-corrected chi connectivity index (χ0v) is 15.3. The number of para-hydroxylation sites is 2. The molecule has 0 fully saturated rings. The highest BCUT2D eigenvalue weighted by Crippen LogP contribution is 2.18. The first-order chi connectivity index (χ1) is 12.7. The van der Waals surface area contributed by atoms with Crippen molar-refractivity contribution in [3.63, 3.8) is 0 Å². The van der Waals surface area contributed by atoms with E-state index in [-0.39, 0.29) is 5.91 Å². The number of amides is 1. The summed E-state index contributed by atoms with van der Waals surface area (Å²) in [6, 6.07) is 25.8. The predicted octanol–water partition coefficient (Wildman–Crippen LogP) is 5.14. The summed E-state index contributed by atoms with van der Waals surface area (Å²) in [6.45, 7) is 2.84. The Morgan fingerprint density at radius 3 is 2.42 bits per heavy atom. The molecule has 0 aliphatic rings. The SMILES string of the molecule is CCc1ccccc1NCc1cccc(C(=O)N(C)c2ccccc2)c1. The van der Waals surface area contributed by atoms with Crippen LogP contribution in [0.25, 0.3) is 0 Å². The first kappa shape index (κ1) is 17.7. The van der Waals surface area contributed by atoms with Crippen LogP contribution in [0.4, 0.5) is 11.4 Å². The molecule has 3 aromatic carbocycles. The second kappa shape index (κ2) is 8.34. The van der Waals surface area contributed by atoms with Crippen LogP contribution in [-0.2, 0) is 13.0 Å². The van der Waals surface area contributed by atoms with Gasteiger partial charge >= 0.3 is 0 Å². The topological polar surface area (TPSA) is 32.3 Å². The third-order valence-electron chi connectivity index (χ3n) is 4.50. The van der Waals surface area contributed by atoms with Crippen molar-refractivity contribution in [2.75, 3.05) is 17.3 Å². The molecule has 0 bridgehead atoms. The third-order valence-corrected chi connectivity index (χ3v) is 4.50. The number of carbonyl (C=O) groups is 1. The Kier molecular flexibility index (Phi) is 5.69. The van der Waals surface area contributed by atoms with Gasteiger partial charge in [0.15, 0.2) is 0 Å². The van der Waals surface area contributed by atoms with Crippen LogP contribution in [0.5, 0.6) is 0 Å². The Balaban J connectivity index is 1.73. The van der Waals surface area contributed by atoms with Crippen molar-refractivity contribution in [2.45, 2.75) is 19.9 Å². The number of nitrogens with zero attached hydrogens (tertiary/aromatic N) is 1. The number of nitrogens with one attached hydrogen (secondary N) is 1. The van der Waals surface area contributed by atoms with Crippen LogP contribution in [-0.4, -0.2) is 13.0 Å². The summed E-state index contributed by atoms with van der Waals surface area (Å²) in [7, 11) is 1.81. The molecule has 0 heterocycles. The van der Waals surface area contributed by atoms with Crippen LogP contribution in [0.2, 0.25) is 0 Å². The minimum absolute atomic E-state index is 0.00740. The van der Waals surface area contributed by atoms with Crippen LogP contribution >= 0.6 is 0 Å². The standard InChI is InChI=1S/C23H24N2O/c1-3-19-11-7-8-15-22(19)24-17-18-10-9-12-20(16-18)23(26)25(2)21-13-5-4-6-14-21/h4-16,24H,3,17H2,1-2H3. The zero-order valence-electron chi connectivity index (χ0n) is 15.3. The van der Waals surface area contributed by atoms with E-state index in [0.717, 1.165) is 23.4 Å². The van der Waals surface area contributed by atoms with Gasteiger partial charge in [0.2, 0.25) is 0 Å². The summed E-state index contributed by atoms with van der Waals surface area (Å²) in [5.41, 5.74) is 5.11.